The summed E-state index contributed by atoms with van der Waals surface area (Å²) in [5.41, 5.74) is 0.656. The molecule has 8 nitrogen and oxygen atoms in total. The maximum atomic E-state index is 12.2. The van der Waals surface area contributed by atoms with Crippen LogP contribution in [0, 0.1) is 0 Å². The number of halogens is 2. The fraction of sp³-hybridized carbons (Fsp3) is 0. The van der Waals surface area contributed by atoms with Crippen molar-refractivity contribution in [2.24, 2.45) is 0 Å². The molecule has 0 bridgehead atoms. The molecule has 0 atom stereocenters. The third kappa shape index (κ3) is 2.62. The Morgan fingerprint density at radius 2 is 1.95 bits per heavy atom. The van der Waals surface area contributed by atoms with Crippen molar-refractivity contribution in [2.45, 2.75) is 4.90 Å². The van der Waals surface area contributed by atoms with Crippen molar-refractivity contribution in [1.29, 1.82) is 0 Å². The quantitative estimate of drug-likeness (QED) is 0.553. The fourth-order valence-corrected chi connectivity index (χ4v) is 3.21. The molecule has 0 unspecified atom stereocenters. The number of fused-ring (bicyclic) bond motifs is 1. The highest BCUT2D eigenvalue weighted by Gasteiger charge is 2.20. The van der Waals surface area contributed by atoms with Crippen LogP contribution in [-0.2, 0) is 10.0 Å². The van der Waals surface area contributed by atoms with Gasteiger partial charge in [-0.15, -0.1) is 0 Å². The van der Waals surface area contributed by atoms with Crippen molar-refractivity contribution in [2.75, 3.05) is 4.72 Å². The van der Waals surface area contributed by atoms with Crippen molar-refractivity contribution in [3.8, 4) is 0 Å². The lowest BCUT2D eigenvalue weighted by molar-refractivity contribution is 0.600. The normalized spacial score (nSPS) is 11.7. The molecule has 0 aliphatic heterocycles. The number of aromatic nitrogens is 5. The van der Waals surface area contributed by atoms with Crippen LogP contribution in [-0.4, -0.2) is 33.3 Å². The van der Waals surface area contributed by atoms with Gasteiger partial charge in [0.25, 0.3) is 10.0 Å². The first-order valence-corrected chi connectivity index (χ1v) is 7.71. The summed E-state index contributed by atoms with van der Waals surface area (Å²) in [6.45, 7) is 0. The third-order valence-corrected chi connectivity index (χ3v) is 4.53. The number of nitrogens with zero attached hydrogens (tertiary/aromatic N) is 4. The van der Waals surface area contributed by atoms with E-state index < -0.39 is 10.0 Å². The Hall–Kier alpha value is -1.97. The molecule has 0 saturated heterocycles. The standard InChI is InChI=1S/C10H6Cl2N6O2S/c11-7-5(2-1-3-13-7)21(19,20)18-10-16-8(12)6-9(17-10)15-4-14-6/h1-4H,(H2,14,15,16,17,18). The van der Waals surface area contributed by atoms with Crippen molar-refractivity contribution >= 4 is 50.3 Å². The number of anilines is 1. The summed E-state index contributed by atoms with van der Waals surface area (Å²) >= 11 is 11.7. The molecule has 108 valence electrons. The number of pyridine rings is 1. The summed E-state index contributed by atoms with van der Waals surface area (Å²) in [6, 6.07) is 2.76. The van der Waals surface area contributed by atoms with Gasteiger partial charge in [-0.25, -0.2) is 23.1 Å². The van der Waals surface area contributed by atoms with E-state index in [1.165, 1.54) is 24.7 Å². The van der Waals surface area contributed by atoms with E-state index in [4.69, 9.17) is 23.2 Å². The van der Waals surface area contributed by atoms with Crippen LogP contribution in [0.2, 0.25) is 10.3 Å². The molecule has 0 amide bonds. The zero-order chi connectivity index (χ0) is 15.0. The smallest absolute Gasteiger partial charge is 0.267 e. The monoisotopic (exact) mass is 344 g/mol. The van der Waals surface area contributed by atoms with Gasteiger partial charge in [0.15, 0.2) is 10.8 Å². The van der Waals surface area contributed by atoms with Gasteiger partial charge in [-0.05, 0) is 12.1 Å². The molecule has 3 rings (SSSR count). The molecular formula is C10H6Cl2N6O2S. The van der Waals surface area contributed by atoms with Gasteiger partial charge in [-0.2, -0.15) is 9.97 Å². The largest absolute Gasteiger partial charge is 0.341 e. The van der Waals surface area contributed by atoms with Gasteiger partial charge in [0.05, 0.1) is 6.33 Å². The molecule has 0 spiro atoms. The fourth-order valence-electron chi connectivity index (χ4n) is 1.59. The van der Waals surface area contributed by atoms with Crippen LogP contribution in [0.3, 0.4) is 0 Å². The second kappa shape index (κ2) is 5.10. The molecule has 2 N–H and O–H groups in total. The zero-order valence-corrected chi connectivity index (χ0v) is 12.4. The van der Waals surface area contributed by atoms with Crippen molar-refractivity contribution in [3.63, 3.8) is 0 Å². The van der Waals surface area contributed by atoms with Gasteiger partial charge in [-0.1, -0.05) is 23.2 Å². The lowest BCUT2D eigenvalue weighted by Gasteiger charge is -2.07. The average molecular weight is 345 g/mol. The van der Waals surface area contributed by atoms with Crippen molar-refractivity contribution < 1.29 is 8.42 Å². The van der Waals surface area contributed by atoms with E-state index in [1.54, 1.807) is 0 Å². The predicted molar refractivity (Wildman–Crippen MR) is 76.7 cm³/mol. The second-order valence-electron chi connectivity index (χ2n) is 3.84. The molecule has 0 fully saturated rings. The van der Waals surface area contributed by atoms with Gasteiger partial charge >= 0.3 is 0 Å². The number of hydrogen-bond donors (Lipinski definition) is 2. The molecule has 3 aromatic heterocycles. The molecule has 0 radical (unpaired) electrons. The van der Waals surface area contributed by atoms with Crippen LogP contribution in [0.25, 0.3) is 11.2 Å². The van der Waals surface area contributed by atoms with E-state index >= 15 is 0 Å². The summed E-state index contributed by atoms with van der Waals surface area (Å²) in [4.78, 5) is 17.9. The van der Waals surface area contributed by atoms with E-state index in [0.717, 1.165) is 0 Å². The number of rotatable bonds is 3. The van der Waals surface area contributed by atoms with Crippen LogP contribution >= 0.6 is 23.2 Å². The predicted octanol–water partition coefficient (Wildman–Crippen LogP) is 1.86. The summed E-state index contributed by atoms with van der Waals surface area (Å²) in [7, 11) is -3.98. The topological polar surface area (TPSA) is 114 Å². The van der Waals surface area contributed by atoms with Crippen LogP contribution < -0.4 is 4.72 Å². The highest BCUT2D eigenvalue weighted by molar-refractivity contribution is 7.92. The molecule has 0 saturated carbocycles. The molecule has 0 aromatic carbocycles. The third-order valence-electron chi connectivity index (χ3n) is 2.48. The van der Waals surface area contributed by atoms with Gasteiger partial charge < -0.3 is 4.98 Å². The van der Waals surface area contributed by atoms with E-state index in [2.05, 4.69) is 29.6 Å². The Morgan fingerprint density at radius 3 is 2.71 bits per heavy atom. The van der Waals surface area contributed by atoms with Gasteiger partial charge in [0.1, 0.15) is 15.6 Å². The van der Waals surface area contributed by atoms with Crippen LogP contribution in [0.15, 0.2) is 29.6 Å². The maximum Gasteiger partial charge on any atom is 0.267 e. The van der Waals surface area contributed by atoms with Crippen LogP contribution in [0.4, 0.5) is 5.95 Å². The Morgan fingerprint density at radius 1 is 1.14 bits per heavy atom. The number of nitrogens with one attached hydrogen (secondary N) is 2. The number of aromatic amines is 1. The molecule has 3 aromatic rings. The Bertz CT molecular complexity index is 926. The van der Waals surface area contributed by atoms with E-state index in [1.807, 2.05) is 0 Å². The molecule has 0 aliphatic carbocycles. The van der Waals surface area contributed by atoms with E-state index in [9.17, 15) is 8.42 Å². The summed E-state index contributed by atoms with van der Waals surface area (Å²) in [6.07, 6.45) is 2.76. The van der Waals surface area contributed by atoms with E-state index in [0.29, 0.717) is 5.52 Å². The molecular weight excluding hydrogens is 339 g/mol. The first kappa shape index (κ1) is 14.0. The Kier molecular flexibility index (Phi) is 3.40. The van der Waals surface area contributed by atoms with Crippen molar-refractivity contribution in [1.82, 2.24) is 24.9 Å². The molecule has 21 heavy (non-hydrogen) atoms. The second-order valence-corrected chi connectivity index (χ2v) is 6.20. The number of imidazole rings is 1. The Balaban J connectivity index is 2.03. The summed E-state index contributed by atoms with van der Waals surface area (Å²) < 4.78 is 26.6. The molecule has 3 heterocycles. The van der Waals surface area contributed by atoms with Crippen molar-refractivity contribution in [3.05, 3.63) is 35.0 Å². The SMILES string of the molecule is O=S(=O)(Nc1nc(Cl)c2[nH]cnc2n1)c1cccnc1Cl. The lowest BCUT2D eigenvalue weighted by Crippen LogP contribution is -2.16. The number of sulfonamides is 1. The lowest BCUT2D eigenvalue weighted by atomic mass is 10.5. The first-order valence-electron chi connectivity index (χ1n) is 5.47. The summed E-state index contributed by atoms with van der Waals surface area (Å²) in [5, 5.41) is -0.107. The van der Waals surface area contributed by atoms with Crippen LogP contribution in [0.5, 0.6) is 0 Å². The number of H-pyrrole nitrogens is 1. The summed E-state index contributed by atoms with van der Waals surface area (Å²) in [5.74, 6) is -0.209. The molecule has 0 aliphatic rings. The van der Waals surface area contributed by atoms with Crippen LogP contribution in [0.1, 0.15) is 0 Å². The minimum absolute atomic E-state index is 0.0486. The zero-order valence-electron chi connectivity index (χ0n) is 10.1. The van der Waals surface area contributed by atoms with Gasteiger partial charge in [-0.3, -0.25) is 0 Å². The average Bonchev–Trinajstić information content (AvgIpc) is 2.87. The molecule has 11 heteroatoms. The minimum Gasteiger partial charge on any atom is -0.341 e. The highest BCUT2D eigenvalue weighted by Crippen LogP contribution is 2.22. The Labute approximate surface area is 128 Å². The van der Waals surface area contributed by atoms with E-state index in [-0.39, 0.29) is 26.8 Å². The minimum atomic E-state index is -3.98. The highest BCUT2D eigenvalue weighted by atomic mass is 35.5. The number of hydrogen-bond acceptors (Lipinski definition) is 6. The van der Waals surface area contributed by atoms with Gasteiger partial charge in [0, 0.05) is 6.20 Å². The first-order chi connectivity index (χ1) is 9.97. The maximum absolute atomic E-state index is 12.2. The van der Waals surface area contributed by atoms with Gasteiger partial charge in [0.2, 0.25) is 5.95 Å².